The summed E-state index contributed by atoms with van der Waals surface area (Å²) >= 11 is 1.46. The Labute approximate surface area is 122 Å². The van der Waals surface area contributed by atoms with Gasteiger partial charge >= 0.3 is 0 Å². The first-order valence-electron chi connectivity index (χ1n) is 6.47. The van der Waals surface area contributed by atoms with Gasteiger partial charge in [0.05, 0.1) is 5.56 Å². The van der Waals surface area contributed by atoms with Crippen LogP contribution < -0.4 is 5.32 Å². The molecule has 0 fully saturated rings. The predicted octanol–water partition coefficient (Wildman–Crippen LogP) is 4.05. The van der Waals surface area contributed by atoms with Crippen LogP contribution in [0.4, 0.5) is 5.00 Å². The number of hydrogen-bond acceptors (Lipinski definition) is 3. The van der Waals surface area contributed by atoms with Crippen molar-refractivity contribution in [2.45, 2.75) is 27.2 Å². The van der Waals surface area contributed by atoms with Crippen LogP contribution in [-0.2, 0) is 6.42 Å². The summed E-state index contributed by atoms with van der Waals surface area (Å²) in [4.78, 5) is 13.3. The van der Waals surface area contributed by atoms with Gasteiger partial charge in [-0.2, -0.15) is 5.26 Å². The lowest BCUT2D eigenvalue weighted by molar-refractivity contribution is 0.102. The fraction of sp³-hybridized carbons (Fsp3) is 0.250. The van der Waals surface area contributed by atoms with Crippen molar-refractivity contribution in [3.63, 3.8) is 0 Å². The number of hydrogen-bond donors (Lipinski definition) is 1. The Bertz CT molecular complexity index is 695. The summed E-state index contributed by atoms with van der Waals surface area (Å²) in [5.41, 5.74) is 3.26. The van der Waals surface area contributed by atoms with Gasteiger partial charge in [0.15, 0.2) is 0 Å². The maximum Gasteiger partial charge on any atom is 0.256 e. The fourth-order valence-corrected chi connectivity index (χ4v) is 3.26. The summed E-state index contributed by atoms with van der Waals surface area (Å²) in [7, 11) is 0. The predicted molar refractivity (Wildman–Crippen MR) is 82.3 cm³/mol. The van der Waals surface area contributed by atoms with Gasteiger partial charge in [0, 0.05) is 10.4 Å². The van der Waals surface area contributed by atoms with Crippen molar-refractivity contribution in [3.8, 4) is 6.07 Å². The van der Waals surface area contributed by atoms with Crippen molar-refractivity contribution in [1.82, 2.24) is 0 Å². The average molecular weight is 284 g/mol. The minimum atomic E-state index is -0.172. The second kappa shape index (κ2) is 5.89. The first kappa shape index (κ1) is 14.3. The normalized spacial score (nSPS) is 10.1. The number of aryl methyl sites for hydroxylation is 2. The van der Waals surface area contributed by atoms with Crippen LogP contribution in [0.1, 0.15) is 38.8 Å². The van der Waals surface area contributed by atoms with E-state index in [-0.39, 0.29) is 5.91 Å². The van der Waals surface area contributed by atoms with Crippen molar-refractivity contribution >= 4 is 22.2 Å². The molecule has 1 amide bonds. The van der Waals surface area contributed by atoms with E-state index in [0.29, 0.717) is 16.1 Å². The molecule has 1 heterocycles. The van der Waals surface area contributed by atoms with Crippen molar-refractivity contribution in [1.29, 1.82) is 5.26 Å². The number of thiophene rings is 1. The standard InChI is InChI=1S/C16H16N2OS/c1-4-13-11(3)20-16(14(13)9-17)18-15(19)12-7-5-6-10(2)8-12/h5-8H,4H2,1-3H3,(H,18,19). The molecule has 2 aromatic rings. The number of carbonyl (C=O) groups excluding carboxylic acids is 1. The summed E-state index contributed by atoms with van der Waals surface area (Å²) in [6.07, 6.45) is 0.797. The third-order valence-corrected chi connectivity index (χ3v) is 4.24. The lowest BCUT2D eigenvalue weighted by Gasteiger charge is -2.04. The highest BCUT2D eigenvalue weighted by Gasteiger charge is 2.16. The number of carbonyl (C=O) groups is 1. The number of anilines is 1. The average Bonchev–Trinajstić information content (AvgIpc) is 2.73. The molecule has 0 radical (unpaired) electrons. The van der Waals surface area contributed by atoms with Gasteiger partial charge in [0.25, 0.3) is 5.91 Å². The molecular weight excluding hydrogens is 268 g/mol. The number of benzene rings is 1. The second-order valence-electron chi connectivity index (χ2n) is 4.63. The highest BCUT2D eigenvalue weighted by Crippen LogP contribution is 2.33. The van der Waals surface area contributed by atoms with E-state index < -0.39 is 0 Å². The smallest absolute Gasteiger partial charge is 0.256 e. The number of nitrogens with one attached hydrogen (secondary N) is 1. The van der Waals surface area contributed by atoms with E-state index in [1.54, 1.807) is 6.07 Å². The Morgan fingerprint density at radius 2 is 2.15 bits per heavy atom. The molecule has 2 rings (SSSR count). The Morgan fingerprint density at radius 1 is 1.40 bits per heavy atom. The molecule has 0 unspecified atom stereocenters. The van der Waals surface area contributed by atoms with Crippen LogP contribution in [0.5, 0.6) is 0 Å². The molecule has 1 aromatic heterocycles. The SMILES string of the molecule is CCc1c(C)sc(NC(=O)c2cccc(C)c2)c1C#N. The van der Waals surface area contributed by atoms with Crippen LogP contribution >= 0.6 is 11.3 Å². The van der Waals surface area contributed by atoms with Crippen LogP contribution in [0.2, 0.25) is 0 Å². The van der Waals surface area contributed by atoms with Gasteiger partial charge < -0.3 is 5.32 Å². The van der Waals surface area contributed by atoms with E-state index in [1.165, 1.54) is 11.3 Å². The zero-order valence-electron chi connectivity index (χ0n) is 11.8. The van der Waals surface area contributed by atoms with Crippen molar-refractivity contribution < 1.29 is 4.79 Å². The second-order valence-corrected chi connectivity index (χ2v) is 5.85. The van der Waals surface area contributed by atoms with Crippen LogP contribution in [0.3, 0.4) is 0 Å². The molecule has 0 aliphatic rings. The lowest BCUT2D eigenvalue weighted by Crippen LogP contribution is -2.11. The van der Waals surface area contributed by atoms with Crippen LogP contribution in [-0.4, -0.2) is 5.91 Å². The topological polar surface area (TPSA) is 52.9 Å². The van der Waals surface area contributed by atoms with Crippen LogP contribution in [0.15, 0.2) is 24.3 Å². The largest absolute Gasteiger partial charge is 0.312 e. The molecule has 1 aromatic carbocycles. The number of amides is 1. The molecule has 4 heteroatoms. The number of rotatable bonds is 3. The van der Waals surface area contributed by atoms with Gasteiger partial charge in [-0.1, -0.05) is 24.6 Å². The van der Waals surface area contributed by atoms with Gasteiger partial charge in [0.1, 0.15) is 11.1 Å². The monoisotopic (exact) mass is 284 g/mol. The molecule has 0 aliphatic carbocycles. The Hall–Kier alpha value is -2.12. The fourth-order valence-electron chi connectivity index (χ4n) is 2.17. The van der Waals surface area contributed by atoms with E-state index in [9.17, 15) is 10.1 Å². The summed E-state index contributed by atoms with van der Waals surface area (Å²) in [5.74, 6) is -0.172. The summed E-state index contributed by atoms with van der Waals surface area (Å²) in [6, 6.07) is 9.61. The summed E-state index contributed by atoms with van der Waals surface area (Å²) in [5, 5.41) is 12.8. The van der Waals surface area contributed by atoms with E-state index in [4.69, 9.17) is 0 Å². The van der Waals surface area contributed by atoms with Gasteiger partial charge in [-0.15, -0.1) is 11.3 Å². The molecule has 3 nitrogen and oxygen atoms in total. The van der Waals surface area contributed by atoms with Crippen LogP contribution in [0.25, 0.3) is 0 Å². The molecule has 0 saturated carbocycles. The highest BCUT2D eigenvalue weighted by molar-refractivity contribution is 7.16. The quantitative estimate of drug-likeness (QED) is 0.924. The first-order chi connectivity index (χ1) is 9.56. The van der Waals surface area contributed by atoms with E-state index in [2.05, 4.69) is 11.4 Å². The van der Waals surface area contributed by atoms with Crippen molar-refractivity contribution in [2.24, 2.45) is 0 Å². The maximum atomic E-state index is 12.2. The Morgan fingerprint density at radius 3 is 2.75 bits per heavy atom. The van der Waals surface area contributed by atoms with Crippen molar-refractivity contribution in [2.75, 3.05) is 5.32 Å². The van der Waals surface area contributed by atoms with Gasteiger partial charge in [0.2, 0.25) is 0 Å². The van der Waals surface area contributed by atoms with E-state index in [0.717, 1.165) is 22.4 Å². The summed E-state index contributed by atoms with van der Waals surface area (Å²) in [6.45, 7) is 5.94. The molecule has 0 saturated heterocycles. The van der Waals surface area contributed by atoms with Gasteiger partial charge in [-0.05, 0) is 38.0 Å². The third kappa shape index (κ3) is 2.73. The Balaban J connectivity index is 2.31. The molecule has 0 bridgehead atoms. The Kier molecular flexibility index (Phi) is 4.21. The summed E-state index contributed by atoms with van der Waals surface area (Å²) < 4.78 is 0. The van der Waals surface area contributed by atoms with E-state index in [1.807, 2.05) is 39.0 Å². The zero-order chi connectivity index (χ0) is 14.7. The molecule has 102 valence electrons. The number of nitriles is 1. The first-order valence-corrected chi connectivity index (χ1v) is 7.28. The zero-order valence-corrected chi connectivity index (χ0v) is 12.6. The lowest BCUT2D eigenvalue weighted by atomic mass is 10.1. The minimum absolute atomic E-state index is 0.172. The van der Waals surface area contributed by atoms with Crippen LogP contribution in [0, 0.1) is 25.2 Å². The molecule has 20 heavy (non-hydrogen) atoms. The molecule has 0 spiro atoms. The van der Waals surface area contributed by atoms with Crippen molar-refractivity contribution in [3.05, 3.63) is 51.4 Å². The van der Waals surface area contributed by atoms with Gasteiger partial charge in [-0.25, -0.2) is 0 Å². The molecular formula is C16H16N2OS. The molecule has 0 aliphatic heterocycles. The highest BCUT2D eigenvalue weighted by atomic mass is 32.1. The molecule has 0 atom stereocenters. The third-order valence-electron chi connectivity index (χ3n) is 3.18. The maximum absolute atomic E-state index is 12.2. The molecule has 1 N–H and O–H groups in total. The number of nitrogens with zero attached hydrogens (tertiary/aromatic N) is 1. The van der Waals surface area contributed by atoms with E-state index >= 15 is 0 Å². The minimum Gasteiger partial charge on any atom is -0.312 e. The van der Waals surface area contributed by atoms with Gasteiger partial charge in [-0.3, -0.25) is 4.79 Å².